The number of fused-ring (bicyclic) bond motifs is 1. The summed E-state index contributed by atoms with van der Waals surface area (Å²) in [6.45, 7) is 8.06. The number of carbonyl (C=O) groups excluding carboxylic acids is 2. The van der Waals surface area contributed by atoms with Crippen molar-refractivity contribution in [3.8, 4) is 5.75 Å². The number of halogens is 1. The standard InChI is InChI=1S/C26H31FN2O4/c1-15(2)32-22-9-7-17(27)13-18(22)21-14-25(3,4)19-12-16(6-8-20(19)29-21)23(30)33-26(24(28)31)10-5-11-26/h6-9,12-13,15,21,29H,5,10-11,14H2,1-4H3,(H2,28,31). The molecule has 1 atom stereocenters. The summed E-state index contributed by atoms with van der Waals surface area (Å²) < 4.78 is 25.6. The van der Waals surface area contributed by atoms with Gasteiger partial charge in [-0.1, -0.05) is 13.8 Å². The Balaban J connectivity index is 1.62. The number of hydrogen-bond acceptors (Lipinski definition) is 5. The summed E-state index contributed by atoms with van der Waals surface area (Å²) in [5.74, 6) is -0.809. The molecule has 7 heteroatoms. The average molecular weight is 455 g/mol. The zero-order valence-corrected chi connectivity index (χ0v) is 19.5. The molecule has 1 heterocycles. The Labute approximate surface area is 193 Å². The minimum absolute atomic E-state index is 0.0361. The molecule has 2 aliphatic rings. The van der Waals surface area contributed by atoms with E-state index in [4.69, 9.17) is 15.2 Å². The SMILES string of the molecule is CC(C)Oc1ccc(F)cc1C1CC(C)(C)c2cc(C(=O)OC3(C(N)=O)CCC3)ccc2N1. The van der Waals surface area contributed by atoms with Crippen molar-refractivity contribution in [3.63, 3.8) is 0 Å². The van der Waals surface area contributed by atoms with Crippen molar-refractivity contribution < 1.29 is 23.5 Å². The maximum absolute atomic E-state index is 14.1. The number of carbonyl (C=O) groups is 2. The largest absolute Gasteiger partial charge is 0.491 e. The number of esters is 1. The van der Waals surface area contributed by atoms with Gasteiger partial charge in [0.05, 0.1) is 17.7 Å². The number of nitrogens with one attached hydrogen (secondary N) is 1. The maximum atomic E-state index is 14.1. The van der Waals surface area contributed by atoms with E-state index in [2.05, 4.69) is 19.2 Å². The summed E-state index contributed by atoms with van der Waals surface area (Å²) >= 11 is 0. The molecule has 1 aliphatic carbocycles. The maximum Gasteiger partial charge on any atom is 0.339 e. The highest BCUT2D eigenvalue weighted by Gasteiger charge is 2.47. The molecule has 1 unspecified atom stereocenters. The van der Waals surface area contributed by atoms with Gasteiger partial charge in [-0.25, -0.2) is 9.18 Å². The quantitative estimate of drug-likeness (QED) is 0.599. The van der Waals surface area contributed by atoms with Crippen LogP contribution < -0.4 is 15.8 Å². The van der Waals surface area contributed by atoms with Gasteiger partial charge >= 0.3 is 5.97 Å². The van der Waals surface area contributed by atoms with Crippen LogP contribution in [0.4, 0.5) is 10.1 Å². The van der Waals surface area contributed by atoms with Gasteiger partial charge in [-0.05, 0) is 86.9 Å². The highest BCUT2D eigenvalue weighted by molar-refractivity contribution is 5.94. The molecule has 1 aliphatic heterocycles. The molecule has 176 valence electrons. The number of amides is 1. The van der Waals surface area contributed by atoms with E-state index in [0.29, 0.717) is 30.6 Å². The van der Waals surface area contributed by atoms with Gasteiger partial charge in [-0.2, -0.15) is 0 Å². The Kier molecular flexibility index (Phi) is 5.85. The van der Waals surface area contributed by atoms with Crippen LogP contribution in [0, 0.1) is 5.82 Å². The van der Waals surface area contributed by atoms with Crippen LogP contribution in [0.2, 0.25) is 0 Å². The van der Waals surface area contributed by atoms with E-state index in [9.17, 15) is 14.0 Å². The molecule has 0 spiro atoms. The first-order chi connectivity index (χ1) is 15.5. The summed E-state index contributed by atoms with van der Waals surface area (Å²) in [4.78, 5) is 24.6. The van der Waals surface area contributed by atoms with Crippen molar-refractivity contribution in [3.05, 3.63) is 58.9 Å². The van der Waals surface area contributed by atoms with Crippen LogP contribution in [-0.2, 0) is 14.9 Å². The molecule has 2 aromatic carbocycles. The van der Waals surface area contributed by atoms with Crippen molar-refractivity contribution in [1.29, 1.82) is 0 Å². The second-order valence-electron chi connectivity index (χ2n) is 10.00. The molecule has 3 N–H and O–H groups in total. The summed E-state index contributed by atoms with van der Waals surface area (Å²) in [5.41, 5.74) is 6.93. The second-order valence-corrected chi connectivity index (χ2v) is 10.00. The van der Waals surface area contributed by atoms with Crippen LogP contribution in [-0.4, -0.2) is 23.6 Å². The molecule has 0 aromatic heterocycles. The molecule has 2 aromatic rings. The molecule has 4 rings (SSSR count). The Hall–Kier alpha value is -3.09. The number of anilines is 1. The molecule has 33 heavy (non-hydrogen) atoms. The van der Waals surface area contributed by atoms with Gasteiger partial charge in [0.25, 0.3) is 5.91 Å². The smallest absolute Gasteiger partial charge is 0.339 e. The third-order valence-electron chi connectivity index (χ3n) is 6.64. The predicted octanol–water partition coefficient (Wildman–Crippen LogP) is 5.01. The van der Waals surface area contributed by atoms with E-state index in [0.717, 1.165) is 23.2 Å². The van der Waals surface area contributed by atoms with Gasteiger partial charge < -0.3 is 20.5 Å². The Morgan fingerprint density at radius 2 is 1.88 bits per heavy atom. The first-order valence-corrected chi connectivity index (χ1v) is 11.4. The topological polar surface area (TPSA) is 90.7 Å². The third kappa shape index (κ3) is 4.41. The minimum atomic E-state index is -1.18. The number of rotatable bonds is 6. The van der Waals surface area contributed by atoms with Crippen LogP contribution in [0.5, 0.6) is 5.75 Å². The molecule has 0 bridgehead atoms. The summed E-state index contributed by atoms with van der Waals surface area (Å²) in [7, 11) is 0. The van der Waals surface area contributed by atoms with Crippen molar-refractivity contribution in [2.24, 2.45) is 5.73 Å². The van der Waals surface area contributed by atoms with E-state index in [1.54, 1.807) is 12.1 Å². The molecule has 0 saturated heterocycles. The first-order valence-electron chi connectivity index (χ1n) is 11.4. The van der Waals surface area contributed by atoms with Gasteiger partial charge in [0.15, 0.2) is 5.60 Å². The van der Waals surface area contributed by atoms with Gasteiger partial charge in [-0.3, -0.25) is 4.79 Å². The summed E-state index contributed by atoms with van der Waals surface area (Å²) in [6.07, 6.45) is 2.36. The number of benzene rings is 2. The van der Waals surface area contributed by atoms with Crippen LogP contribution in [0.25, 0.3) is 0 Å². The van der Waals surface area contributed by atoms with Gasteiger partial charge in [0.1, 0.15) is 11.6 Å². The fraction of sp³-hybridized carbons (Fsp3) is 0.462. The lowest BCUT2D eigenvalue weighted by Crippen LogP contribution is -2.52. The normalized spacial score (nSPS) is 20.2. The Bertz CT molecular complexity index is 1090. The fourth-order valence-corrected chi connectivity index (χ4v) is 4.69. The Morgan fingerprint density at radius 3 is 2.48 bits per heavy atom. The number of primary amides is 1. The van der Waals surface area contributed by atoms with Crippen LogP contribution in [0.15, 0.2) is 36.4 Å². The molecule has 1 amide bonds. The highest BCUT2D eigenvalue weighted by atomic mass is 19.1. The lowest BCUT2D eigenvalue weighted by Gasteiger charge is -2.40. The summed E-state index contributed by atoms with van der Waals surface area (Å²) in [5, 5.41) is 3.49. The Morgan fingerprint density at radius 1 is 1.15 bits per heavy atom. The molecule has 1 fully saturated rings. The number of ether oxygens (including phenoxy) is 2. The van der Waals surface area contributed by atoms with E-state index < -0.39 is 17.5 Å². The zero-order chi connectivity index (χ0) is 24.0. The molecule has 1 saturated carbocycles. The lowest BCUT2D eigenvalue weighted by atomic mass is 9.73. The first kappa shape index (κ1) is 23.1. The molecule has 6 nitrogen and oxygen atoms in total. The monoisotopic (exact) mass is 454 g/mol. The zero-order valence-electron chi connectivity index (χ0n) is 19.5. The average Bonchev–Trinajstić information content (AvgIpc) is 2.70. The molecule has 0 radical (unpaired) electrons. The van der Waals surface area contributed by atoms with Crippen molar-refractivity contribution in [2.45, 2.75) is 76.5 Å². The lowest BCUT2D eigenvalue weighted by molar-refractivity contribution is -0.146. The van der Waals surface area contributed by atoms with Crippen molar-refractivity contribution >= 4 is 17.6 Å². The van der Waals surface area contributed by atoms with E-state index >= 15 is 0 Å². The van der Waals surface area contributed by atoms with Gasteiger partial charge in [0.2, 0.25) is 0 Å². The molecular weight excluding hydrogens is 423 g/mol. The van der Waals surface area contributed by atoms with Crippen LogP contribution in [0.1, 0.15) is 80.9 Å². The fourth-order valence-electron chi connectivity index (χ4n) is 4.69. The van der Waals surface area contributed by atoms with E-state index in [1.165, 1.54) is 12.1 Å². The molecular formula is C26H31FN2O4. The minimum Gasteiger partial charge on any atom is -0.491 e. The highest BCUT2D eigenvalue weighted by Crippen LogP contribution is 2.46. The van der Waals surface area contributed by atoms with Crippen molar-refractivity contribution in [2.75, 3.05) is 5.32 Å². The van der Waals surface area contributed by atoms with Crippen LogP contribution >= 0.6 is 0 Å². The van der Waals surface area contributed by atoms with Crippen molar-refractivity contribution in [1.82, 2.24) is 0 Å². The van der Waals surface area contributed by atoms with E-state index in [1.807, 2.05) is 26.0 Å². The van der Waals surface area contributed by atoms with Gasteiger partial charge in [-0.15, -0.1) is 0 Å². The third-order valence-corrected chi connectivity index (χ3v) is 6.64. The predicted molar refractivity (Wildman–Crippen MR) is 124 cm³/mol. The van der Waals surface area contributed by atoms with Crippen LogP contribution in [0.3, 0.4) is 0 Å². The number of hydrogen-bond donors (Lipinski definition) is 2. The van der Waals surface area contributed by atoms with Gasteiger partial charge in [0, 0.05) is 11.3 Å². The number of nitrogens with two attached hydrogens (primary N) is 1. The summed E-state index contributed by atoms with van der Waals surface area (Å²) in [6, 6.07) is 9.75. The van der Waals surface area contributed by atoms with E-state index in [-0.39, 0.29) is 23.4 Å². The second kappa shape index (κ2) is 8.36.